The standard InChI is InChI=1S/C14H23N3O/c1-9-10(16-5)6-7-11(13(9)15)17-12(18)8-14(2,3)4/h6-7,16H,8,15H2,1-5H3,(H,17,18). The van der Waals surface area contributed by atoms with E-state index in [1.54, 1.807) is 0 Å². The number of nitrogens with two attached hydrogens (primary N) is 1. The van der Waals surface area contributed by atoms with Gasteiger partial charge >= 0.3 is 0 Å². The SMILES string of the molecule is CNc1ccc(NC(=O)CC(C)(C)C)c(N)c1C. The largest absolute Gasteiger partial charge is 0.397 e. The Bertz CT molecular complexity index is 447. The van der Waals surface area contributed by atoms with E-state index in [4.69, 9.17) is 5.73 Å². The second kappa shape index (κ2) is 5.29. The molecule has 4 nitrogen and oxygen atoms in total. The van der Waals surface area contributed by atoms with Crippen LogP contribution in [0.25, 0.3) is 0 Å². The average Bonchev–Trinajstić information content (AvgIpc) is 2.22. The first-order valence-electron chi connectivity index (χ1n) is 6.11. The third-order valence-electron chi connectivity index (χ3n) is 2.75. The smallest absolute Gasteiger partial charge is 0.224 e. The van der Waals surface area contributed by atoms with Crippen molar-refractivity contribution in [3.63, 3.8) is 0 Å². The van der Waals surface area contributed by atoms with Crippen molar-refractivity contribution < 1.29 is 4.79 Å². The number of benzene rings is 1. The van der Waals surface area contributed by atoms with E-state index >= 15 is 0 Å². The summed E-state index contributed by atoms with van der Waals surface area (Å²) in [6.45, 7) is 8.03. The highest BCUT2D eigenvalue weighted by atomic mass is 16.1. The van der Waals surface area contributed by atoms with Crippen LogP contribution in [0, 0.1) is 12.3 Å². The van der Waals surface area contributed by atoms with Crippen molar-refractivity contribution in [2.24, 2.45) is 5.41 Å². The molecule has 1 rings (SSSR count). The lowest BCUT2D eigenvalue weighted by Gasteiger charge is -2.19. The topological polar surface area (TPSA) is 67.1 Å². The van der Waals surface area contributed by atoms with Gasteiger partial charge in [0, 0.05) is 19.2 Å². The number of hydrogen-bond donors (Lipinski definition) is 3. The Morgan fingerprint density at radius 3 is 2.33 bits per heavy atom. The van der Waals surface area contributed by atoms with Gasteiger partial charge in [-0.05, 0) is 30.0 Å². The van der Waals surface area contributed by atoms with Crippen molar-refractivity contribution in [2.45, 2.75) is 34.1 Å². The van der Waals surface area contributed by atoms with E-state index in [0.717, 1.165) is 11.3 Å². The number of carbonyl (C=O) groups excluding carboxylic acids is 1. The quantitative estimate of drug-likeness (QED) is 0.721. The number of hydrogen-bond acceptors (Lipinski definition) is 3. The van der Waals surface area contributed by atoms with Crippen LogP contribution in [-0.2, 0) is 4.79 Å². The van der Waals surface area contributed by atoms with E-state index in [2.05, 4.69) is 10.6 Å². The molecule has 0 radical (unpaired) electrons. The molecule has 0 aliphatic rings. The summed E-state index contributed by atoms with van der Waals surface area (Å²) in [7, 11) is 1.85. The van der Waals surface area contributed by atoms with E-state index in [-0.39, 0.29) is 11.3 Å². The number of nitrogen functional groups attached to an aromatic ring is 1. The molecule has 18 heavy (non-hydrogen) atoms. The molecule has 0 aliphatic carbocycles. The Balaban J connectivity index is 2.86. The third kappa shape index (κ3) is 3.65. The van der Waals surface area contributed by atoms with Crippen LogP contribution in [0.1, 0.15) is 32.8 Å². The van der Waals surface area contributed by atoms with E-state index in [1.165, 1.54) is 0 Å². The molecule has 0 spiro atoms. The summed E-state index contributed by atoms with van der Waals surface area (Å²) < 4.78 is 0. The Kier molecular flexibility index (Phi) is 4.22. The molecular weight excluding hydrogens is 226 g/mol. The maximum absolute atomic E-state index is 11.9. The highest BCUT2D eigenvalue weighted by Crippen LogP contribution is 2.29. The predicted octanol–water partition coefficient (Wildman–Crippen LogP) is 2.99. The van der Waals surface area contributed by atoms with E-state index in [0.29, 0.717) is 17.8 Å². The summed E-state index contributed by atoms with van der Waals surface area (Å²) in [5, 5.41) is 5.93. The van der Waals surface area contributed by atoms with Crippen LogP contribution < -0.4 is 16.4 Å². The maximum atomic E-state index is 11.9. The predicted molar refractivity (Wildman–Crippen MR) is 77.8 cm³/mol. The molecule has 0 heterocycles. The fraction of sp³-hybridized carbons (Fsp3) is 0.500. The fourth-order valence-electron chi connectivity index (χ4n) is 1.78. The van der Waals surface area contributed by atoms with Crippen LogP contribution in [0.4, 0.5) is 17.1 Å². The minimum atomic E-state index is -0.0290. The lowest BCUT2D eigenvalue weighted by atomic mass is 9.92. The van der Waals surface area contributed by atoms with Crippen LogP contribution in [-0.4, -0.2) is 13.0 Å². The Morgan fingerprint density at radius 2 is 1.83 bits per heavy atom. The van der Waals surface area contributed by atoms with Crippen LogP contribution in [0.15, 0.2) is 12.1 Å². The first-order chi connectivity index (χ1) is 8.24. The summed E-state index contributed by atoms with van der Waals surface area (Å²) in [6.07, 6.45) is 0.471. The van der Waals surface area contributed by atoms with Gasteiger partial charge in [0.15, 0.2) is 0 Å². The third-order valence-corrected chi connectivity index (χ3v) is 2.75. The number of carbonyl (C=O) groups is 1. The molecule has 0 aromatic heterocycles. The van der Waals surface area contributed by atoms with Crippen LogP contribution in [0.3, 0.4) is 0 Å². The molecule has 0 fully saturated rings. The van der Waals surface area contributed by atoms with Gasteiger partial charge in [0.2, 0.25) is 5.91 Å². The first-order valence-corrected chi connectivity index (χ1v) is 6.11. The van der Waals surface area contributed by atoms with Crippen molar-refractivity contribution in [2.75, 3.05) is 23.4 Å². The molecule has 0 saturated heterocycles. The monoisotopic (exact) mass is 249 g/mol. The Morgan fingerprint density at radius 1 is 1.28 bits per heavy atom. The van der Waals surface area contributed by atoms with Crippen LogP contribution >= 0.6 is 0 Å². The Labute approximate surface area is 109 Å². The van der Waals surface area contributed by atoms with Gasteiger partial charge in [-0.2, -0.15) is 0 Å². The maximum Gasteiger partial charge on any atom is 0.224 e. The molecule has 1 amide bonds. The highest BCUT2D eigenvalue weighted by Gasteiger charge is 2.17. The van der Waals surface area contributed by atoms with Gasteiger partial charge in [-0.25, -0.2) is 0 Å². The van der Waals surface area contributed by atoms with Crippen molar-refractivity contribution in [1.82, 2.24) is 0 Å². The average molecular weight is 249 g/mol. The number of rotatable bonds is 3. The molecule has 4 heteroatoms. The van der Waals surface area contributed by atoms with Crippen molar-refractivity contribution >= 4 is 23.0 Å². The lowest BCUT2D eigenvalue weighted by molar-refractivity contribution is -0.117. The van der Waals surface area contributed by atoms with Gasteiger partial charge < -0.3 is 16.4 Å². The van der Waals surface area contributed by atoms with E-state index in [1.807, 2.05) is 46.9 Å². The molecule has 1 aromatic carbocycles. The minimum Gasteiger partial charge on any atom is -0.397 e. The van der Waals surface area contributed by atoms with Crippen molar-refractivity contribution in [1.29, 1.82) is 0 Å². The summed E-state index contributed by atoms with van der Waals surface area (Å²) in [6, 6.07) is 3.74. The molecule has 4 N–H and O–H groups in total. The molecule has 0 unspecified atom stereocenters. The van der Waals surface area contributed by atoms with Gasteiger partial charge in [0.25, 0.3) is 0 Å². The van der Waals surface area contributed by atoms with Crippen molar-refractivity contribution in [3.8, 4) is 0 Å². The first kappa shape index (κ1) is 14.4. The molecule has 100 valence electrons. The van der Waals surface area contributed by atoms with Crippen LogP contribution in [0.5, 0.6) is 0 Å². The summed E-state index contributed by atoms with van der Waals surface area (Å²) in [5.41, 5.74) is 9.21. The molecule has 0 bridgehead atoms. The van der Waals surface area contributed by atoms with Crippen LogP contribution in [0.2, 0.25) is 0 Å². The fourth-order valence-corrected chi connectivity index (χ4v) is 1.78. The number of amides is 1. The zero-order valence-electron chi connectivity index (χ0n) is 11.8. The summed E-state index contributed by atoms with van der Waals surface area (Å²) in [4.78, 5) is 11.9. The second-order valence-electron chi connectivity index (χ2n) is 5.73. The Hall–Kier alpha value is -1.71. The van der Waals surface area contributed by atoms with Gasteiger partial charge in [-0.15, -0.1) is 0 Å². The second-order valence-corrected chi connectivity index (χ2v) is 5.73. The molecular formula is C14H23N3O. The highest BCUT2D eigenvalue weighted by molar-refractivity contribution is 5.95. The van der Waals surface area contributed by atoms with Gasteiger partial charge in [-0.3, -0.25) is 4.79 Å². The number of anilines is 3. The summed E-state index contributed by atoms with van der Waals surface area (Å²) >= 11 is 0. The minimum absolute atomic E-state index is 0.00851. The van der Waals surface area contributed by atoms with Gasteiger partial charge in [0.05, 0.1) is 11.4 Å². The van der Waals surface area contributed by atoms with Gasteiger partial charge in [0.1, 0.15) is 0 Å². The number of nitrogens with one attached hydrogen (secondary N) is 2. The van der Waals surface area contributed by atoms with E-state index < -0.39 is 0 Å². The lowest BCUT2D eigenvalue weighted by Crippen LogP contribution is -2.20. The molecule has 0 saturated carbocycles. The zero-order chi connectivity index (χ0) is 13.9. The van der Waals surface area contributed by atoms with Gasteiger partial charge in [-0.1, -0.05) is 20.8 Å². The van der Waals surface area contributed by atoms with E-state index in [9.17, 15) is 4.79 Å². The molecule has 0 aliphatic heterocycles. The molecule has 1 aromatic rings. The zero-order valence-corrected chi connectivity index (χ0v) is 11.8. The molecule has 0 atom stereocenters. The normalized spacial score (nSPS) is 11.2. The summed E-state index contributed by atoms with van der Waals surface area (Å²) in [5.74, 6) is -0.00851. The van der Waals surface area contributed by atoms with Crippen molar-refractivity contribution in [3.05, 3.63) is 17.7 Å².